The van der Waals surface area contributed by atoms with Gasteiger partial charge in [-0.25, -0.2) is 0 Å². The smallest absolute Gasteiger partial charge is 0.104 e. The van der Waals surface area contributed by atoms with Crippen LogP contribution in [0.4, 0.5) is 0 Å². The molecule has 21 heavy (non-hydrogen) atoms. The number of nitrogens with zero attached hydrogens (tertiary/aromatic N) is 1. The molecule has 1 N–H and O–H groups in total. The molecule has 0 fully saturated rings. The molecule has 2 rings (SSSR count). The van der Waals surface area contributed by atoms with E-state index in [9.17, 15) is 5.11 Å². The molecule has 2 heteroatoms. The minimum atomic E-state index is -0.310. The van der Waals surface area contributed by atoms with Gasteiger partial charge in [0.25, 0.3) is 0 Å². The fourth-order valence-electron chi connectivity index (χ4n) is 2.81. The highest BCUT2D eigenvalue weighted by Crippen LogP contribution is 2.29. The Hall–Kier alpha value is -1.64. The van der Waals surface area contributed by atoms with Crippen molar-refractivity contribution in [2.45, 2.75) is 18.4 Å². The van der Waals surface area contributed by atoms with Crippen LogP contribution in [-0.2, 0) is 0 Å². The van der Waals surface area contributed by atoms with Crippen molar-refractivity contribution in [2.75, 3.05) is 27.7 Å². The molecule has 2 aromatic carbocycles. The van der Waals surface area contributed by atoms with Crippen molar-refractivity contribution in [3.8, 4) is 0 Å². The summed E-state index contributed by atoms with van der Waals surface area (Å²) in [5, 5.41) is 10.5. The monoisotopic (exact) mass is 284 g/mol. The van der Waals surface area contributed by atoms with Crippen LogP contribution in [0.2, 0.25) is 0 Å². The summed E-state index contributed by atoms with van der Waals surface area (Å²) in [4.78, 5) is 0. The van der Waals surface area contributed by atoms with Gasteiger partial charge in [-0.3, -0.25) is 0 Å². The molecule has 0 spiro atoms. The van der Waals surface area contributed by atoms with E-state index in [0.717, 1.165) is 17.4 Å². The van der Waals surface area contributed by atoms with Crippen molar-refractivity contribution in [1.29, 1.82) is 0 Å². The summed E-state index contributed by atoms with van der Waals surface area (Å²) >= 11 is 0. The molecule has 0 bridgehead atoms. The van der Waals surface area contributed by atoms with Crippen molar-refractivity contribution in [2.24, 2.45) is 0 Å². The van der Waals surface area contributed by atoms with Crippen LogP contribution in [-0.4, -0.2) is 43.4 Å². The number of likely N-dealkylation sites (N-methyl/N-ethyl adjacent to an activating group) is 1. The van der Waals surface area contributed by atoms with Crippen molar-refractivity contribution < 1.29 is 9.59 Å². The lowest BCUT2D eigenvalue weighted by Gasteiger charge is -2.29. The predicted molar refractivity (Wildman–Crippen MR) is 88.3 cm³/mol. The van der Waals surface area contributed by atoms with Gasteiger partial charge in [0, 0.05) is 5.92 Å². The second kappa shape index (κ2) is 6.88. The molecule has 0 aliphatic rings. The number of benzene rings is 2. The summed E-state index contributed by atoms with van der Waals surface area (Å²) in [6.07, 6.45) is 0.444. The van der Waals surface area contributed by atoms with Crippen LogP contribution in [0.1, 0.15) is 23.5 Å². The predicted octanol–water partition coefficient (Wildman–Crippen LogP) is 3.28. The van der Waals surface area contributed by atoms with Gasteiger partial charge in [-0.2, -0.15) is 0 Å². The number of rotatable bonds is 6. The average molecular weight is 284 g/mol. The van der Waals surface area contributed by atoms with Crippen LogP contribution in [0, 0.1) is 0 Å². The SMILES string of the molecule is C[N+](C)(C)CC(O)CC(c1ccccc1)c1ccccc1. The number of hydrogen-bond acceptors (Lipinski definition) is 1. The third-order valence-corrected chi connectivity index (χ3v) is 3.67. The van der Waals surface area contributed by atoms with E-state index < -0.39 is 0 Å². The number of hydrogen-bond donors (Lipinski definition) is 1. The van der Waals surface area contributed by atoms with Gasteiger partial charge in [-0.1, -0.05) is 60.7 Å². The zero-order valence-electron chi connectivity index (χ0n) is 13.2. The van der Waals surface area contributed by atoms with E-state index in [1.54, 1.807) is 0 Å². The van der Waals surface area contributed by atoms with Gasteiger partial charge < -0.3 is 9.59 Å². The highest BCUT2D eigenvalue weighted by atomic mass is 16.3. The lowest BCUT2D eigenvalue weighted by Crippen LogP contribution is -2.41. The van der Waals surface area contributed by atoms with Gasteiger partial charge in [0.15, 0.2) is 0 Å². The molecule has 0 saturated heterocycles. The lowest BCUT2D eigenvalue weighted by atomic mass is 9.86. The van der Waals surface area contributed by atoms with Gasteiger partial charge in [-0.05, 0) is 17.5 Å². The fourth-order valence-corrected chi connectivity index (χ4v) is 2.81. The zero-order valence-corrected chi connectivity index (χ0v) is 13.2. The molecule has 2 aromatic rings. The van der Waals surface area contributed by atoms with Gasteiger partial charge in [0.05, 0.1) is 21.1 Å². The molecule has 0 aliphatic carbocycles. The van der Waals surface area contributed by atoms with Crippen molar-refractivity contribution >= 4 is 0 Å². The quantitative estimate of drug-likeness (QED) is 0.807. The molecular formula is C19H26NO+. The molecular weight excluding hydrogens is 258 g/mol. The van der Waals surface area contributed by atoms with E-state index in [2.05, 4.69) is 69.7 Å². The van der Waals surface area contributed by atoms with Gasteiger partial charge in [0.1, 0.15) is 12.6 Å². The molecule has 1 atom stereocenters. The second-order valence-electron chi connectivity index (χ2n) is 6.74. The first-order valence-electron chi connectivity index (χ1n) is 7.54. The Morgan fingerprint density at radius 3 is 1.62 bits per heavy atom. The molecule has 0 heterocycles. The Bertz CT molecular complexity index is 491. The van der Waals surface area contributed by atoms with Crippen LogP contribution in [0.15, 0.2) is 60.7 Å². The Morgan fingerprint density at radius 2 is 1.24 bits per heavy atom. The molecule has 112 valence electrons. The summed E-state index contributed by atoms with van der Waals surface area (Å²) in [5.41, 5.74) is 2.54. The number of quaternary nitrogens is 1. The van der Waals surface area contributed by atoms with Crippen LogP contribution in [0.3, 0.4) is 0 Å². The van der Waals surface area contributed by atoms with Crippen molar-refractivity contribution in [3.63, 3.8) is 0 Å². The zero-order chi connectivity index (χ0) is 15.3. The van der Waals surface area contributed by atoms with Crippen LogP contribution in [0.25, 0.3) is 0 Å². The van der Waals surface area contributed by atoms with E-state index in [4.69, 9.17) is 0 Å². The Balaban J connectivity index is 2.21. The van der Waals surface area contributed by atoms with Crippen LogP contribution >= 0.6 is 0 Å². The van der Waals surface area contributed by atoms with Crippen LogP contribution < -0.4 is 0 Å². The topological polar surface area (TPSA) is 20.2 Å². The summed E-state index contributed by atoms with van der Waals surface area (Å²) in [6.45, 7) is 0.760. The van der Waals surface area contributed by atoms with Gasteiger partial charge >= 0.3 is 0 Å². The fraction of sp³-hybridized carbons (Fsp3) is 0.368. The molecule has 0 radical (unpaired) electrons. The highest BCUT2D eigenvalue weighted by Gasteiger charge is 2.22. The largest absolute Gasteiger partial charge is 0.387 e. The molecule has 0 saturated carbocycles. The first-order valence-corrected chi connectivity index (χ1v) is 7.54. The minimum absolute atomic E-state index is 0.244. The number of aliphatic hydroxyl groups excluding tert-OH is 1. The van der Waals surface area contributed by atoms with Gasteiger partial charge in [0.2, 0.25) is 0 Å². The minimum Gasteiger partial charge on any atom is -0.387 e. The average Bonchev–Trinajstić information content (AvgIpc) is 2.45. The molecule has 2 nitrogen and oxygen atoms in total. The maximum Gasteiger partial charge on any atom is 0.104 e. The van der Waals surface area contributed by atoms with E-state index in [1.807, 2.05) is 12.1 Å². The second-order valence-corrected chi connectivity index (χ2v) is 6.74. The van der Waals surface area contributed by atoms with E-state index in [1.165, 1.54) is 11.1 Å². The maximum absolute atomic E-state index is 10.5. The lowest BCUT2D eigenvalue weighted by molar-refractivity contribution is -0.873. The standard InChI is InChI=1S/C19H26NO/c1-20(2,3)15-18(21)14-19(16-10-6-4-7-11-16)17-12-8-5-9-13-17/h4-13,18-19,21H,14-15H2,1-3H3/q+1. The summed E-state index contributed by atoms with van der Waals surface area (Å²) in [5.74, 6) is 0.244. The summed E-state index contributed by atoms with van der Waals surface area (Å²) in [6, 6.07) is 20.9. The molecule has 0 aromatic heterocycles. The normalized spacial score (nSPS) is 13.4. The molecule has 0 amide bonds. The summed E-state index contributed by atoms with van der Waals surface area (Å²) < 4.78 is 0.775. The molecule has 1 unspecified atom stereocenters. The van der Waals surface area contributed by atoms with E-state index in [-0.39, 0.29) is 12.0 Å². The van der Waals surface area contributed by atoms with Crippen molar-refractivity contribution in [3.05, 3.63) is 71.8 Å². The van der Waals surface area contributed by atoms with E-state index in [0.29, 0.717) is 0 Å². The third kappa shape index (κ3) is 5.00. The summed E-state index contributed by atoms with van der Waals surface area (Å²) in [7, 11) is 6.34. The Labute approximate surface area is 128 Å². The van der Waals surface area contributed by atoms with Gasteiger partial charge in [-0.15, -0.1) is 0 Å². The Kier molecular flexibility index (Phi) is 5.16. The van der Waals surface area contributed by atoms with Crippen LogP contribution in [0.5, 0.6) is 0 Å². The molecule has 0 aliphatic heterocycles. The third-order valence-electron chi connectivity index (χ3n) is 3.67. The van der Waals surface area contributed by atoms with E-state index >= 15 is 0 Å². The maximum atomic E-state index is 10.5. The highest BCUT2D eigenvalue weighted by molar-refractivity contribution is 5.32. The number of aliphatic hydroxyl groups is 1. The first kappa shape index (κ1) is 15.7. The van der Waals surface area contributed by atoms with Crippen molar-refractivity contribution in [1.82, 2.24) is 0 Å². The Morgan fingerprint density at radius 1 is 0.810 bits per heavy atom. The first-order chi connectivity index (χ1) is 9.96.